The molecule has 0 aliphatic rings. The van der Waals surface area contributed by atoms with Crippen LogP contribution in [0, 0.1) is 18.8 Å². The molecule has 0 radical (unpaired) electrons. The van der Waals surface area contributed by atoms with Gasteiger partial charge in [0.1, 0.15) is 0 Å². The fraction of sp³-hybridized carbons (Fsp3) is 0.643. The molecule has 0 saturated heterocycles. The van der Waals surface area contributed by atoms with Crippen LogP contribution in [0.3, 0.4) is 0 Å². The van der Waals surface area contributed by atoms with Gasteiger partial charge in [-0.1, -0.05) is 13.8 Å². The molecule has 1 unspecified atom stereocenters. The zero-order valence-corrected chi connectivity index (χ0v) is 13.7. The van der Waals surface area contributed by atoms with Gasteiger partial charge in [0.15, 0.2) is 0 Å². The highest BCUT2D eigenvalue weighted by molar-refractivity contribution is 7.09. The summed E-state index contributed by atoms with van der Waals surface area (Å²) >= 11 is 1.54. The third-order valence-corrected chi connectivity index (χ3v) is 3.84. The fourth-order valence-corrected chi connectivity index (χ4v) is 2.59. The number of nitrogens with one attached hydrogen (secondary N) is 1. The summed E-state index contributed by atoms with van der Waals surface area (Å²) in [5, 5.41) is 14.7. The van der Waals surface area contributed by atoms with Gasteiger partial charge in [-0.3, -0.25) is 4.79 Å². The minimum absolute atomic E-state index is 0.146. The van der Waals surface area contributed by atoms with Gasteiger partial charge in [0.25, 0.3) is 0 Å². The Bertz CT molecular complexity index is 488. The normalized spacial score (nSPS) is 12.2. The molecule has 0 fully saturated rings. The SMILES string of the molecule is Cc1nc(CN(C)C(=O)NCC(CC(C)C)C(=O)O)cs1. The summed E-state index contributed by atoms with van der Waals surface area (Å²) in [6.07, 6.45) is 0.546. The number of thiazole rings is 1. The number of hydrogen-bond donors (Lipinski definition) is 2. The van der Waals surface area contributed by atoms with E-state index in [4.69, 9.17) is 5.11 Å². The Labute approximate surface area is 129 Å². The van der Waals surface area contributed by atoms with E-state index in [2.05, 4.69) is 10.3 Å². The van der Waals surface area contributed by atoms with Crippen molar-refractivity contribution in [2.45, 2.75) is 33.7 Å². The number of carboxylic acids is 1. The lowest BCUT2D eigenvalue weighted by Gasteiger charge is -2.20. The number of aryl methyl sites for hydroxylation is 1. The van der Waals surface area contributed by atoms with Crippen molar-refractivity contribution in [1.82, 2.24) is 15.2 Å². The summed E-state index contributed by atoms with van der Waals surface area (Å²) in [5.74, 6) is -1.15. The van der Waals surface area contributed by atoms with Gasteiger partial charge in [0.2, 0.25) is 0 Å². The lowest BCUT2D eigenvalue weighted by Crippen LogP contribution is -2.41. The van der Waals surface area contributed by atoms with Gasteiger partial charge >= 0.3 is 12.0 Å². The van der Waals surface area contributed by atoms with E-state index >= 15 is 0 Å². The summed E-state index contributed by atoms with van der Waals surface area (Å²) in [7, 11) is 1.67. The Balaban J connectivity index is 2.45. The van der Waals surface area contributed by atoms with Crippen molar-refractivity contribution in [2.24, 2.45) is 11.8 Å². The Hall–Kier alpha value is -1.63. The van der Waals surface area contributed by atoms with Crippen LogP contribution in [0.25, 0.3) is 0 Å². The summed E-state index contributed by atoms with van der Waals surface area (Å²) in [5.41, 5.74) is 0.840. The number of hydrogen-bond acceptors (Lipinski definition) is 4. The number of urea groups is 1. The minimum atomic E-state index is -0.873. The molecule has 0 aliphatic carbocycles. The van der Waals surface area contributed by atoms with Gasteiger partial charge in [0, 0.05) is 19.0 Å². The highest BCUT2D eigenvalue weighted by Crippen LogP contribution is 2.12. The predicted molar refractivity (Wildman–Crippen MR) is 82.3 cm³/mol. The van der Waals surface area contributed by atoms with Crippen molar-refractivity contribution in [1.29, 1.82) is 0 Å². The first-order valence-electron chi connectivity index (χ1n) is 6.92. The Kier molecular flexibility index (Phi) is 6.61. The molecule has 0 aromatic carbocycles. The van der Waals surface area contributed by atoms with E-state index in [-0.39, 0.29) is 18.5 Å². The summed E-state index contributed by atoms with van der Waals surface area (Å²) in [4.78, 5) is 28.9. The first-order valence-corrected chi connectivity index (χ1v) is 7.80. The Morgan fingerprint density at radius 2 is 2.14 bits per heavy atom. The molecule has 7 heteroatoms. The first-order chi connectivity index (χ1) is 9.79. The van der Waals surface area contributed by atoms with Crippen LogP contribution in [0.15, 0.2) is 5.38 Å². The molecule has 0 saturated carbocycles. The zero-order chi connectivity index (χ0) is 16.0. The second-order valence-corrected chi connectivity index (χ2v) is 6.63. The number of amides is 2. The van der Waals surface area contributed by atoms with Crippen LogP contribution >= 0.6 is 11.3 Å². The van der Waals surface area contributed by atoms with E-state index in [9.17, 15) is 9.59 Å². The number of rotatable bonds is 7. The molecule has 1 aromatic heterocycles. The van der Waals surface area contributed by atoms with Gasteiger partial charge in [-0.05, 0) is 19.3 Å². The van der Waals surface area contributed by atoms with E-state index in [1.807, 2.05) is 26.2 Å². The van der Waals surface area contributed by atoms with Crippen molar-refractivity contribution in [3.05, 3.63) is 16.1 Å². The maximum absolute atomic E-state index is 12.0. The first kappa shape index (κ1) is 17.4. The Morgan fingerprint density at radius 1 is 1.48 bits per heavy atom. The molecule has 21 heavy (non-hydrogen) atoms. The standard InChI is InChI=1S/C14H23N3O3S/c1-9(2)5-11(13(18)19)6-15-14(20)17(4)7-12-8-21-10(3)16-12/h8-9,11H,5-7H2,1-4H3,(H,15,20)(H,18,19). The van der Waals surface area contributed by atoms with Crippen LogP contribution in [-0.2, 0) is 11.3 Å². The second-order valence-electron chi connectivity index (χ2n) is 5.56. The molecule has 0 bridgehead atoms. The average molecular weight is 313 g/mol. The van der Waals surface area contributed by atoms with Gasteiger partial charge in [-0.2, -0.15) is 0 Å². The molecule has 0 spiro atoms. The van der Waals surface area contributed by atoms with Gasteiger partial charge < -0.3 is 15.3 Å². The fourth-order valence-electron chi connectivity index (χ4n) is 1.98. The number of carbonyl (C=O) groups is 2. The number of carbonyl (C=O) groups excluding carboxylic acids is 1. The third kappa shape index (κ3) is 6.12. The topological polar surface area (TPSA) is 82.5 Å². The molecule has 0 aliphatic heterocycles. The van der Waals surface area contributed by atoms with E-state index in [0.29, 0.717) is 13.0 Å². The molecule has 1 heterocycles. The van der Waals surface area contributed by atoms with E-state index in [1.165, 1.54) is 16.2 Å². The minimum Gasteiger partial charge on any atom is -0.481 e. The monoisotopic (exact) mass is 313 g/mol. The molecule has 1 atom stereocenters. The molecule has 2 N–H and O–H groups in total. The third-order valence-electron chi connectivity index (χ3n) is 3.02. The molecule has 1 rings (SSSR count). The van der Waals surface area contributed by atoms with Crippen molar-refractivity contribution in [2.75, 3.05) is 13.6 Å². The number of aliphatic carboxylic acids is 1. The summed E-state index contributed by atoms with van der Waals surface area (Å²) in [6, 6.07) is -0.282. The van der Waals surface area contributed by atoms with Crippen LogP contribution in [0.4, 0.5) is 4.79 Å². The van der Waals surface area contributed by atoms with Crippen molar-refractivity contribution >= 4 is 23.3 Å². The number of nitrogens with zero attached hydrogens (tertiary/aromatic N) is 2. The Morgan fingerprint density at radius 3 is 2.62 bits per heavy atom. The molecule has 6 nitrogen and oxygen atoms in total. The number of carboxylic acid groups (broad SMARTS) is 1. The maximum Gasteiger partial charge on any atom is 0.317 e. The molecule has 1 aromatic rings. The lowest BCUT2D eigenvalue weighted by atomic mass is 9.97. The molecular weight excluding hydrogens is 290 g/mol. The molecule has 118 valence electrons. The quantitative estimate of drug-likeness (QED) is 0.809. The van der Waals surface area contributed by atoms with Gasteiger partial charge in [-0.25, -0.2) is 9.78 Å². The van der Waals surface area contributed by atoms with E-state index in [0.717, 1.165) is 10.7 Å². The lowest BCUT2D eigenvalue weighted by molar-refractivity contribution is -0.142. The van der Waals surface area contributed by atoms with E-state index in [1.54, 1.807) is 7.05 Å². The van der Waals surface area contributed by atoms with Crippen LogP contribution in [-0.4, -0.2) is 40.6 Å². The maximum atomic E-state index is 12.0. The molecular formula is C14H23N3O3S. The van der Waals surface area contributed by atoms with E-state index < -0.39 is 11.9 Å². The van der Waals surface area contributed by atoms with Crippen molar-refractivity contribution in [3.63, 3.8) is 0 Å². The van der Waals surface area contributed by atoms with Crippen molar-refractivity contribution in [3.8, 4) is 0 Å². The van der Waals surface area contributed by atoms with Gasteiger partial charge in [0.05, 0.1) is 23.2 Å². The highest BCUT2D eigenvalue weighted by Gasteiger charge is 2.20. The number of aromatic nitrogens is 1. The second kappa shape index (κ2) is 7.97. The van der Waals surface area contributed by atoms with Crippen LogP contribution in [0.1, 0.15) is 31.0 Å². The van der Waals surface area contributed by atoms with Crippen molar-refractivity contribution < 1.29 is 14.7 Å². The highest BCUT2D eigenvalue weighted by atomic mass is 32.1. The van der Waals surface area contributed by atoms with Crippen LogP contribution in [0.5, 0.6) is 0 Å². The zero-order valence-electron chi connectivity index (χ0n) is 12.9. The summed E-state index contributed by atoms with van der Waals surface area (Å²) in [6.45, 7) is 6.41. The van der Waals surface area contributed by atoms with Gasteiger partial charge in [-0.15, -0.1) is 11.3 Å². The van der Waals surface area contributed by atoms with Crippen LogP contribution < -0.4 is 5.32 Å². The molecule has 2 amide bonds. The smallest absolute Gasteiger partial charge is 0.317 e. The average Bonchev–Trinajstić information content (AvgIpc) is 2.78. The largest absolute Gasteiger partial charge is 0.481 e. The predicted octanol–water partition coefficient (Wildman–Crippen LogP) is 2.34. The van der Waals surface area contributed by atoms with Crippen LogP contribution in [0.2, 0.25) is 0 Å². The summed E-state index contributed by atoms with van der Waals surface area (Å²) < 4.78 is 0.